The third-order valence-electron chi connectivity index (χ3n) is 3.74. The Balaban J connectivity index is 3.55. The first kappa shape index (κ1) is 13.0. The van der Waals surface area contributed by atoms with Gasteiger partial charge in [0.2, 0.25) is 0 Å². The molecule has 0 aromatic rings. The van der Waals surface area contributed by atoms with Crippen LogP contribution in [0.25, 0.3) is 0 Å². The van der Waals surface area contributed by atoms with Crippen LogP contribution in [-0.4, -0.2) is 0 Å². The van der Waals surface area contributed by atoms with E-state index in [1.54, 1.807) is 0 Å². The Morgan fingerprint density at radius 3 is 2.08 bits per heavy atom. The smallest absolute Gasteiger partial charge is 0.0331 e. The van der Waals surface area contributed by atoms with Crippen molar-refractivity contribution in [3.8, 4) is 0 Å². The fraction of sp³-hybridized carbons (Fsp3) is 1.00. The lowest BCUT2D eigenvalue weighted by Crippen LogP contribution is -2.20. The van der Waals surface area contributed by atoms with Crippen LogP contribution < -0.4 is 0 Å². The summed E-state index contributed by atoms with van der Waals surface area (Å²) in [4.78, 5) is 0. The summed E-state index contributed by atoms with van der Waals surface area (Å²) in [7, 11) is 0. The van der Waals surface area contributed by atoms with Gasteiger partial charge in [-0.05, 0) is 11.3 Å². The second-order valence-electron chi connectivity index (χ2n) is 5.09. The van der Waals surface area contributed by atoms with E-state index in [0.717, 1.165) is 5.92 Å². The van der Waals surface area contributed by atoms with Gasteiger partial charge in [-0.25, -0.2) is 0 Å². The molecule has 0 bridgehead atoms. The molecule has 0 aromatic heterocycles. The maximum atomic E-state index is 2.41. The van der Waals surface area contributed by atoms with Crippen LogP contribution in [0.5, 0.6) is 0 Å². The minimum Gasteiger partial charge on any atom is -0.0654 e. The lowest BCUT2D eigenvalue weighted by atomic mass is 9.75. The molecule has 1 unspecified atom stereocenters. The molecular weight excluding hydrogens is 156 g/mol. The first-order valence-electron chi connectivity index (χ1n) is 6.04. The van der Waals surface area contributed by atoms with Crippen molar-refractivity contribution in [2.24, 2.45) is 11.3 Å². The van der Waals surface area contributed by atoms with Gasteiger partial charge in [-0.2, -0.15) is 0 Å². The SMILES string of the molecule is CCCCCCC(C)C(C)(C)CC. The Morgan fingerprint density at radius 1 is 1.00 bits per heavy atom. The van der Waals surface area contributed by atoms with Crippen molar-refractivity contribution in [3.63, 3.8) is 0 Å². The largest absolute Gasteiger partial charge is 0.0654 e. The molecule has 0 aliphatic rings. The Kier molecular flexibility index (Phi) is 6.45. The Hall–Kier alpha value is 0. The minimum atomic E-state index is 0.548. The van der Waals surface area contributed by atoms with Gasteiger partial charge in [-0.3, -0.25) is 0 Å². The Bertz CT molecular complexity index is 113. The van der Waals surface area contributed by atoms with E-state index in [1.807, 2.05) is 0 Å². The molecule has 0 aliphatic carbocycles. The lowest BCUT2D eigenvalue weighted by molar-refractivity contribution is 0.204. The van der Waals surface area contributed by atoms with E-state index < -0.39 is 0 Å². The molecule has 0 amide bonds. The highest BCUT2D eigenvalue weighted by atomic mass is 14.3. The Labute approximate surface area is 85.1 Å². The van der Waals surface area contributed by atoms with Crippen LogP contribution in [0.2, 0.25) is 0 Å². The summed E-state index contributed by atoms with van der Waals surface area (Å²) in [5.41, 5.74) is 0.548. The summed E-state index contributed by atoms with van der Waals surface area (Å²) in [6.07, 6.45) is 8.35. The molecule has 80 valence electrons. The van der Waals surface area contributed by atoms with Crippen molar-refractivity contribution in [1.29, 1.82) is 0 Å². The number of unbranched alkanes of at least 4 members (excludes halogenated alkanes) is 3. The van der Waals surface area contributed by atoms with Crippen LogP contribution in [0.15, 0.2) is 0 Å². The molecule has 0 saturated carbocycles. The molecule has 1 atom stereocenters. The zero-order valence-electron chi connectivity index (χ0n) is 10.3. The van der Waals surface area contributed by atoms with E-state index in [1.165, 1.54) is 38.5 Å². The van der Waals surface area contributed by atoms with Crippen molar-refractivity contribution >= 4 is 0 Å². The average Bonchev–Trinajstić information content (AvgIpc) is 2.12. The molecule has 0 aromatic carbocycles. The predicted molar refractivity (Wildman–Crippen MR) is 62.0 cm³/mol. The number of rotatable bonds is 7. The van der Waals surface area contributed by atoms with Crippen molar-refractivity contribution in [2.75, 3.05) is 0 Å². The highest BCUT2D eigenvalue weighted by Crippen LogP contribution is 2.33. The normalized spacial score (nSPS) is 14.5. The van der Waals surface area contributed by atoms with E-state index in [0.29, 0.717) is 5.41 Å². The van der Waals surface area contributed by atoms with Gasteiger partial charge in [-0.1, -0.05) is 73.1 Å². The van der Waals surface area contributed by atoms with Gasteiger partial charge in [0.15, 0.2) is 0 Å². The molecule has 0 spiro atoms. The molecule has 0 nitrogen and oxygen atoms in total. The molecule has 0 aliphatic heterocycles. The van der Waals surface area contributed by atoms with Gasteiger partial charge in [0.1, 0.15) is 0 Å². The fourth-order valence-corrected chi connectivity index (χ4v) is 1.62. The summed E-state index contributed by atoms with van der Waals surface area (Å²) in [5, 5.41) is 0. The van der Waals surface area contributed by atoms with Crippen LogP contribution in [-0.2, 0) is 0 Å². The number of hydrogen-bond acceptors (Lipinski definition) is 0. The van der Waals surface area contributed by atoms with E-state index in [2.05, 4.69) is 34.6 Å². The highest BCUT2D eigenvalue weighted by molar-refractivity contribution is 4.73. The van der Waals surface area contributed by atoms with Gasteiger partial charge >= 0.3 is 0 Å². The topological polar surface area (TPSA) is 0 Å². The standard InChI is InChI=1S/C13H28/c1-6-8-9-10-11-12(3)13(4,5)7-2/h12H,6-11H2,1-5H3. The van der Waals surface area contributed by atoms with Crippen molar-refractivity contribution in [3.05, 3.63) is 0 Å². The van der Waals surface area contributed by atoms with Crippen LogP contribution in [0, 0.1) is 11.3 Å². The van der Waals surface area contributed by atoms with Crippen LogP contribution >= 0.6 is 0 Å². The summed E-state index contributed by atoms with van der Waals surface area (Å²) >= 11 is 0. The van der Waals surface area contributed by atoms with Gasteiger partial charge in [0, 0.05) is 0 Å². The maximum absolute atomic E-state index is 2.41. The summed E-state index contributed by atoms with van der Waals surface area (Å²) in [6.45, 7) is 11.8. The predicted octanol–water partition coefficient (Wildman–Crippen LogP) is 5.03. The second-order valence-corrected chi connectivity index (χ2v) is 5.09. The average molecular weight is 184 g/mol. The molecule has 13 heavy (non-hydrogen) atoms. The maximum Gasteiger partial charge on any atom is -0.0331 e. The van der Waals surface area contributed by atoms with Gasteiger partial charge in [0.25, 0.3) is 0 Å². The molecule has 0 saturated heterocycles. The van der Waals surface area contributed by atoms with E-state index in [9.17, 15) is 0 Å². The molecule has 0 N–H and O–H groups in total. The van der Waals surface area contributed by atoms with Gasteiger partial charge < -0.3 is 0 Å². The molecule has 0 rings (SSSR count). The zero-order chi connectivity index (χ0) is 10.3. The summed E-state index contributed by atoms with van der Waals surface area (Å²) in [5.74, 6) is 0.884. The molecule has 0 heterocycles. The zero-order valence-corrected chi connectivity index (χ0v) is 10.3. The second kappa shape index (κ2) is 6.45. The quantitative estimate of drug-likeness (QED) is 0.487. The molecule has 0 radical (unpaired) electrons. The first-order chi connectivity index (χ1) is 6.04. The lowest BCUT2D eigenvalue weighted by Gasteiger charge is -2.30. The molecule has 0 heteroatoms. The van der Waals surface area contributed by atoms with Crippen molar-refractivity contribution in [1.82, 2.24) is 0 Å². The third-order valence-corrected chi connectivity index (χ3v) is 3.74. The van der Waals surface area contributed by atoms with Crippen molar-refractivity contribution < 1.29 is 0 Å². The van der Waals surface area contributed by atoms with E-state index in [-0.39, 0.29) is 0 Å². The first-order valence-corrected chi connectivity index (χ1v) is 6.04. The monoisotopic (exact) mass is 184 g/mol. The van der Waals surface area contributed by atoms with Gasteiger partial charge in [0.05, 0.1) is 0 Å². The summed E-state index contributed by atoms with van der Waals surface area (Å²) in [6, 6.07) is 0. The molecule has 0 fully saturated rings. The summed E-state index contributed by atoms with van der Waals surface area (Å²) < 4.78 is 0. The highest BCUT2D eigenvalue weighted by Gasteiger charge is 2.22. The van der Waals surface area contributed by atoms with E-state index in [4.69, 9.17) is 0 Å². The number of hydrogen-bond donors (Lipinski definition) is 0. The fourth-order valence-electron chi connectivity index (χ4n) is 1.62. The Morgan fingerprint density at radius 2 is 1.62 bits per heavy atom. The van der Waals surface area contributed by atoms with E-state index >= 15 is 0 Å². The van der Waals surface area contributed by atoms with Crippen LogP contribution in [0.3, 0.4) is 0 Å². The molecular formula is C13H28. The van der Waals surface area contributed by atoms with Crippen molar-refractivity contribution in [2.45, 2.75) is 73.1 Å². The van der Waals surface area contributed by atoms with Crippen LogP contribution in [0.4, 0.5) is 0 Å². The van der Waals surface area contributed by atoms with Crippen LogP contribution in [0.1, 0.15) is 73.1 Å². The minimum absolute atomic E-state index is 0.548. The van der Waals surface area contributed by atoms with Gasteiger partial charge in [-0.15, -0.1) is 0 Å². The third kappa shape index (κ3) is 5.33.